The second-order valence-corrected chi connectivity index (χ2v) is 3.68. The van der Waals surface area contributed by atoms with Gasteiger partial charge < -0.3 is 9.47 Å². The van der Waals surface area contributed by atoms with E-state index < -0.39 is 18.5 Å². The van der Waals surface area contributed by atoms with Crippen molar-refractivity contribution in [3.63, 3.8) is 0 Å². The number of hydrogen-bond acceptors (Lipinski definition) is 6. The zero-order chi connectivity index (χ0) is 13.5. The van der Waals surface area contributed by atoms with Gasteiger partial charge in [-0.3, -0.25) is 4.90 Å². The molecule has 1 heterocycles. The molecule has 18 heavy (non-hydrogen) atoms. The van der Waals surface area contributed by atoms with Gasteiger partial charge in [0.05, 0.1) is 6.07 Å². The molecule has 3 atom stereocenters. The molecule has 0 saturated heterocycles. The van der Waals surface area contributed by atoms with Crippen molar-refractivity contribution < 1.29 is 9.47 Å². The minimum absolute atomic E-state index is 0.189. The van der Waals surface area contributed by atoms with Gasteiger partial charge in [-0.25, -0.2) is 4.99 Å². The maximum atomic E-state index is 9.18. The maximum Gasteiger partial charge on any atom is 0.189 e. The molecule has 6 nitrogen and oxygen atoms in total. The normalized spacial score (nSPS) is 28.3. The molecule has 1 rings (SSSR count). The Balaban J connectivity index is 3.10. The molecular formula is C12H18N4O2. The third-order valence-electron chi connectivity index (χ3n) is 2.70. The van der Waals surface area contributed by atoms with Gasteiger partial charge in [0.2, 0.25) is 0 Å². The first kappa shape index (κ1) is 14.6. The number of ether oxygens (including phenoxy) is 2. The van der Waals surface area contributed by atoms with Crippen LogP contribution in [0.3, 0.4) is 0 Å². The molecular weight excluding hydrogens is 232 g/mol. The summed E-state index contributed by atoms with van der Waals surface area (Å²) < 4.78 is 11.1. The van der Waals surface area contributed by atoms with Crippen molar-refractivity contribution in [2.75, 3.05) is 19.8 Å². The molecule has 0 fully saturated rings. The monoisotopic (exact) mass is 250 g/mol. The lowest BCUT2D eigenvalue weighted by Gasteiger charge is -2.39. The molecule has 0 amide bonds. The van der Waals surface area contributed by atoms with Gasteiger partial charge in [0.15, 0.2) is 18.5 Å². The average molecular weight is 250 g/mol. The van der Waals surface area contributed by atoms with Crippen molar-refractivity contribution in [2.45, 2.75) is 39.3 Å². The Hall–Kier alpha value is -1.47. The van der Waals surface area contributed by atoms with E-state index in [1.54, 1.807) is 4.90 Å². The molecule has 0 aromatic rings. The van der Waals surface area contributed by atoms with Crippen molar-refractivity contribution in [3.05, 3.63) is 0 Å². The Morgan fingerprint density at radius 3 is 2.33 bits per heavy atom. The van der Waals surface area contributed by atoms with Crippen LogP contribution in [0, 0.1) is 22.7 Å². The first-order valence-electron chi connectivity index (χ1n) is 6.09. The van der Waals surface area contributed by atoms with E-state index in [9.17, 15) is 5.26 Å². The zero-order valence-corrected chi connectivity index (χ0v) is 11.0. The summed E-state index contributed by atoms with van der Waals surface area (Å²) in [5.74, 6) is 0. The fourth-order valence-electron chi connectivity index (χ4n) is 1.97. The van der Waals surface area contributed by atoms with E-state index >= 15 is 0 Å². The summed E-state index contributed by atoms with van der Waals surface area (Å²) in [4.78, 5) is 5.99. The molecule has 0 aliphatic carbocycles. The zero-order valence-electron chi connectivity index (χ0n) is 11.0. The van der Waals surface area contributed by atoms with Crippen LogP contribution >= 0.6 is 0 Å². The lowest BCUT2D eigenvalue weighted by molar-refractivity contribution is -0.144. The van der Waals surface area contributed by atoms with Crippen molar-refractivity contribution in [2.24, 2.45) is 4.99 Å². The Bertz CT molecular complexity index is 383. The largest absolute Gasteiger partial charge is 0.358 e. The van der Waals surface area contributed by atoms with E-state index in [1.807, 2.05) is 26.8 Å². The van der Waals surface area contributed by atoms with E-state index in [4.69, 9.17) is 14.7 Å². The van der Waals surface area contributed by atoms with E-state index in [0.29, 0.717) is 19.8 Å². The van der Waals surface area contributed by atoms with Gasteiger partial charge in [-0.05, 0) is 20.4 Å². The van der Waals surface area contributed by atoms with Gasteiger partial charge in [-0.2, -0.15) is 10.5 Å². The maximum absolute atomic E-state index is 9.18. The highest BCUT2D eigenvalue weighted by Gasteiger charge is 2.39. The third-order valence-corrected chi connectivity index (χ3v) is 2.70. The smallest absolute Gasteiger partial charge is 0.189 e. The summed E-state index contributed by atoms with van der Waals surface area (Å²) in [6.07, 6.45) is -0.962. The summed E-state index contributed by atoms with van der Waals surface area (Å²) in [7, 11) is 0. The van der Waals surface area contributed by atoms with Crippen LogP contribution in [0.15, 0.2) is 4.99 Å². The second-order valence-electron chi connectivity index (χ2n) is 3.68. The number of nitriles is 2. The van der Waals surface area contributed by atoms with Crippen molar-refractivity contribution >= 4 is 5.71 Å². The standard InChI is InChI=1S/C12H18N4O2/c1-4-16-10(8-14)9(7-13)15-11(17-5-2)12(16)18-6-3/h10-12H,4-6H2,1-3H3. The molecule has 98 valence electrons. The molecule has 0 spiro atoms. The quantitative estimate of drug-likeness (QED) is 0.724. The molecule has 3 unspecified atom stereocenters. The number of nitrogens with zero attached hydrogens (tertiary/aromatic N) is 4. The van der Waals surface area contributed by atoms with Crippen LogP contribution in [0.2, 0.25) is 0 Å². The molecule has 1 aliphatic heterocycles. The molecule has 0 aromatic carbocycles. The van der Waals surface area contributed by atoms with Crippen LogP contribution in [0.4, 0.5) is 0 Å². The SMILES string of the molecule is CCOC1N=C(C#N)C(C#N)N(CC)C1OCC. The summed E-state index contributed by atoms with van der Waals surface area (Å²) in [6.45, 7) is 7.22. The molecule has 0 radical (unpaired) electrons. The van der Waals surface area contributed by atoms with Gasteiger partial charge in [0.25, 0.3) is 0 Å². The van der Waals surface area contributed by atoms with Crippen LogP contribution in [-0.4, -0.2) is 48.9 Å². The Morgan fingerprint density at radius 2 is 1.89 bits per heavy atom. The van der Waals surface area contributed by atoms with Crippen LogP contribution in [-0.2, 0) is 9.47 Å². The van der Waals surface area contributed by atoms with Gasteiger partial charge in [0.1, 0.15) is 11.8 Å². The van der Waals surface area contributed by atoms with Crippen molar-refractivity contribution in [1.82, 2.24) is 4.90 Å². The van der Waals surface area contributed by atoms with Crippen LogP contribution in [0.5, 0.6) is 0 Å². The van der Waals surface area contributed by atoms with Gasteiger partial charge in [0, 0.05) is 13.2 Å². The predicted octanol–water partition coefficient (Wildman–Crippen LogP) is 0.904. The average Bonchev–Trinajstić information content (AvgIpc) is 2.39. The topological polar surface area (TPSA) is 81.6 Å². The lowest BCUT2D eigenvalue weighted by Crippen LogP contribution is -2.56. The second kappa shape index (κ2) is 7.07. The highest BCUT2D eigenvalue weighted by Crippen LogP contribution is 2.21. The van der Waals surface area contributed by atoms with Crippen LogP contribution in [0.1, 0.15) is 20.8 Å². The number of rotatable bonds is 5. The summed E-state index contributed by atoms with van der Waals surface area (Å²) in [5.41, 5.74) is 0.189. The highest BCUT2D eigenvalue weighted by atomic mass is 16.6. The first-order valence-corrected chi connectivity index (χ1v) is 6.09. The number of likely N-dealkylation sites (N-methyl/N-ethyl adjacent to an activating group) is 1. The predicted molar refractivity (Wildman–Crippen MR) is 65.7 cm³/mol. The molecule has 6 heteroatoms. The number of aliphatic imine (C=N–C) groups is 1. The van der Waals surface area contributed by atoms with Crippen LogP contribution in [0.25, 0.3) is 0 Å². The van der Waals surface area contributed by atoms with Crippen LogP contribution < -0.4 is 0 Å². The minimum Gasteiger partial charge on any atom is -0.358 e. The number of hydrogen-bond donors (Lipinski definition) is 0. The minimum atomic E-state index is -0.659. The van der Waals surface area contributed by atoms with E-state index in [1.165, 1.54) is 0 Å². The summed E-state index contributed by atoms with van der Waals surface area (Å²) in [5, 5.41) is 18.2. The molecule has 0 aromatic heterocycles. The van der Waals surface area contributed by atoms with E-state index in [2.05, 4.69) is 11.1 Å². The van der Waals surface area contributed by atoms with Gasteiger partial charge in [-0.15, -0.1) is 0 Å². The van der Waals surface area contributed by atoms with E-state index in [0.717, 1.165) is 0 Å². The van der Waals surface area contributed by atoms with Gasteiger partial charge in [-0.1, -0.05) is 6.92 Å². The lowest BCUT2D eigenvalue weighted by atomic mass is 10.1. The van der Waals surface area contributed by atoms with Crippen molar-refractivity contribution in [1.29, 1.82) is 10.5 Å². The summed E-state index contributed by atoms with van der Waals surface area (Å²) in [6, 6.07) is 3.41. The fraction of sp³-hybridized carbons (Fsp3) is 0.750. The molecule has 0 bridgehead atoms. The summed E-state index contributed by atoms with van der Waals surface area (Å²) >= 11 is 0. The molecule has 0 saturated carbocycles. The van der Waals surface area contributed by atoms with E-state index in [-0.39, 0.29) is 5.71 Å². The first-order chi connectivity index (χ1) is 8.73. The fourth-order valence-corrected chi connectivity index (χ4v) is 1.97. The van der Waals surface area contributed by atoms with Crippen molar-refractivity contribution in [3.8, 4) is 12.1 Å². The third kappa shape index (κ3) is 2.85. The van der Waals surface area contributed by atoms with Gasteiger partial charge >= 0.3 is 0 Å². The Labute approximate surface area is 107 Å². The molecule has 1 aliphatic rings. The Morgan fingerprint density at radius 1 is 1.22 bits per heavy atom. The highest BCUT2D eigenvalue weighted by molar-refractivity contribution is 6.04. The Kier molecular flexibility index (Phi) is 5.73. The molecule has 0 N–H and O–H groups in total.